The van der Waals surface area contributed by atoms with Crippen molar-refractivity contribution >= 4 is 5.78 Å². The van der Waals surface area contributed by atoms with E-state index in [0.717, 1.165) is 25.7 Å². The molecule has 4 heteroatoms. The second kappa shape index (κ2) is 6.64. The van der Waals surface area contributed by atoms with E-state index in [1.54, 1.807) is 0 Å². The Balaban J connectivity index is 3.71. The Kier molecular flexibility index (Phi) is 6.29. The minimum Gasteiger partial charge on any atom is -0.294 e. The number of halogens is 3. The highest BCUT2D eigenvalue weighted by molar-refractivity contribution is 5.95. The van der Waals surface area contributed by atoms with Gasteiger partial charge in [-0.2, -0.15) is 13.2 Å². The van der Waals surface area contributed by atoms with Crippen molar-refractivity contribution in [1.29, 1.82) is 0 Å². The first-order chi connectivity index (χ1) is 6.89. The number of carbonyl (C=O) groups is 1. The number of carbonyl (C=O) groups excluding carboxylic acids is 1. The normalized spacial score (nSPS) is 11.5. The number of hydrogen-bond acceptors (Lipinski definition) is 1. The Labute approximate surface area is 88.4 Å². The average Bonchev–Trinajstić information content (AvgIpc) is 2.14. The van der Waals surface area contributed by atoms with E-state index in [1.807, 2.05) is 0 Å². The van der Waals surface area contributed by atoms with E-state index in [4.69, 9.17) is 0 Å². The third-order valence-corrected chi connectivity index (χ3v) is 2.19. The number of rotatable bonds is 7. The first-order valence-electron chi connectivity index (χ1n) is 5.19. The molecule has 0 N–H and O–H groups in total. The summed E-state index contributed by atoms with van der Waals surface area (Å²) >= 11 is 0. The van der Waals surface area contributed by atoms with Crippen LogP contribution in [0.15, 0.2) is 12.2 Å². The zero-order chi connectivity index (χ0) is 11.9. The number of alkyl halides is 3. The molecule has 0 aromatic heterocycles. The lowest BCUT2D eigenvalue weighted by molar-refractivity contribution is -0.128. The molecule has 1 nitrogen and oxygen atoms in total. The number of allylic oxidation sites excluding steroid dienone is 1. The lowest BCUT2D eigenvalue weighted by Gasteiger charge is -2.08. The fraction of sp³-hybridized carbons (Fsp3) is 0.727. The molecule has 0 fully saturated rings. The fourth-order valence-corrected chi connectivity index (χ4v) is 1.20. The smallest absolute Gasteiger partial charge is 0.294 e. The Morgan fingerprint density at radius 3 is 2.13 bits per heavy atom. The number of ketones is 1. The minimum absolute atomic E-state index is 0.0396. The monoisotopic (exact) mass is 222 g/mol. The summed E-state index contributed by atoms with van der Waals surface area (Å²) in [5.74, 6) is -0.876. The third-order valence-electron chi connectivity index (χ3n) is 2.19. The van der Waals surface area contributed by atoms with E-state index >= 15 is 0 Å². The lowest BCUT2D eigenvalue weighted by Crippen LogP contribution is -2.18. The Hall–Kier alpha value is -0.800. The van der Waals surface area contributed by atoms with Crippen LogP contribution in [-0.4, -0.2) is 12.0 Å². The van der Waals surface area contributed by atoms with Crippen LogP contribution in [0.1, 0.15) is 45.4 Å². The van der Waals surface area contributed by atoms with Gasteiger partial charge in [-0.25, -0.2) is 0 Å². The molecule has 0 unspecified atom stereocenters. The zero-order valence-corrected chi connectivity index (χ0v) is 8.99. The summed E-state index contributed by atoms with van der Waals surface area (Å²) in [4.78, 5) is 11.0. The standard InChI is InChI=1S/C11H17F3O/c1-3-4-5-6-7-8-10(15)9(2)11(12,13)14/h2-8H2,1H3. The Morgan fingerprint density at radius 1 is 1.13 bits per heavy atom. The quantitative estimate of drug-likeness (QED) is 0.469. The SMILES string of the molecule is C=C(C(=O)CCCCCCC)C(F)(F)F. The van der Waals surface area contributed by atoms with Gasteiger partial charge in [0.25, 0.3) is 0 Å². The molecule has 0 aliphatic heterocycles. The molecule has 88 valence electrons. The van der Waals surface area contributed by atoms with Crippen LogP contribution in [-0.2, 0) is 4.79 Å². The van der Waals surface area contributed by atoms with Crippen LogP contribution in [0.3, 0.4) is 0 Å². The number of Topliss-reactive ketones (excluding diaryl/α,β-unsaturated/α-hetero) is 1. The summed E-state index contributed by atoms with van der Waals surface area (Å²) in [6, 6.07) is 0. The van der Waals surface area contributed by atoms with Crippen molar-refractivity contribution in [2.45, 2.75) is 51.6 Å². The topological polar surface area (TPSA) is 17.1 Å². The van der Waals surface area contributed by atoms with Gasteiger partial charge in [0.05, 0.1) is 5.57 Å². The van der Waals surface area contributed by atoms with Crippen molar-refractivity contribution in [2.75, 3.05) is 0 Å². The number of hydrogen-bond donors (Lipinski definition) is 0. The second-order valence-electron chi connectivity index (χ2n) is 3.56. The van der Waals surface area contributed by atoms with Crippen molar-refractivity contribution < 1.29 is 18.0 Å². The fourth-order valence-electron chi connectivity index (χ4n) is 1.20. The predicted octanol–water partition coefficient (Wildman–Crippen LogP) is 4.03. The minimum atomic E-state index is -4.57. The van der Waals surface area contributed by atoms with E-state index in [9.17, 15) is 18.0 Å². The van der Waals surface area contributed by atoms with Crippen molar-refractivity contribution in [2.24, 2.45) is 0 Å². The van der Waals surface area contributed by atoms with Gasteiger partial charge in [-0.05, 0) is 6.42 Å². The van der Waals surface area contributed by atoms with Crippen molar-refractivity contribution in [3.63, 3.8) is 0 Å². The van der Waals surface area contributed by atoms with Crippen LogP contribution < -0.4 is 0 Å². The van der Waals surface area contributed by atoms with Gasteiger partial charge in [0.1, 0.15) is 0 Å². The molecular formula is C11H17F3O. The molecule has 0 rings (SSSR count). The maximum atomic E-state index is 12.0. The molecule has 0 saturated heterocycles. The molecule has 0 radical (unpaired) electrons. The van der Waals surface area contributed by atoms with E-state index in [2.05, 4.69) is 13.5 Å². The molecule has 0 aromatic carbocycles. The maximum Gasteiger partial charge on any atom is 0.419 e. The first-order valence-corrected chi connectivity index (χ1v) is 5.19. The summed E-state index contributed by atoms with van der Waals surface area (Å²) in [6.07, 6.45) is -0.166. The molecule has 0 amide bonds. The van der Waals surface area contributed by atoms with E-state index in [1.165, 1.54) is 0 Å². The third kappa shape index (κ3) is 6.31. The summed E-state index contributed by atoms with van der Waals surface area (Å²) in [7, 11) is 0. The van der Waals surface area contributed by atoms with Crippen LogP contribution in [0.5, 0.6) is 0 Å². The van der Waals surface area contributed by atoms with Crippen molar-refractivity contribution in [3.05, 3.63) is 12.2 Å². The van der Waals surface area contributed by atoms with E-state index < -0.39 is 17.5 Å². The van der Waals surface area contributed by atoms with Gasteiger partial charge in [0.15, 0.2) is 5.78 Å². The largest absolute Gasteiger partial charge is 0.419 e. The highest BCUT2D eigenvalue weighted by atomic mass is 19.4. The van der Waals surface area contributed by atoms with Crippen LogP contribution in [0, 0.1) is 0 Å². The molecule has 15 heavy (non-hydrogen) atoms. The highest BCUT2D eigenvalue weighted by Gasteiger charge is 2.35. The molecule has 0 aliphatic carbocycles. The summed E-state index contributed by atoms with van der Waals surface area (Å²) in [5, 5.41) is 0. The number of unbranched alkanes of at least 4 members (excludes halogenated alkanes) is 4. The molecule has 0 spiro atoms. The van der Waals surface area contributed by atoms with Gasteiger partial charge in [0.2, 0.25) is 0 Å². The van der Waals surface area contributed by atoms with Crippen molar-refractivity contribution in [3.8, 4) is 0 Å². The summed E-state index contributed by atoms with van der Waals surface area (Å²) < 4.78 is 36.0. The van der Waals surface area contributed by atoms with Gasteiger partial charge in [-0.1, -0.05) is 39.2 Å². The molecule has 0 bridgehead atoms. The van der Waals surface area contributed by atoms with Gasteiger partial charge in [-0.15, -0.1) is 0 Å². The van der Waals surface area contributed by atoms with E-state index in [-0.39, 0.29) is 6.42 Å². The molecule has 0 atom stereocenters. The molecule has 0 aromatic rings. The molecule has 0 heterocycles. The van der Waals surface area contributed by atoms with E-state index in [0.29, 0.717) is 6.42 Å². The van der Waals surface area contributed by atoms with Crippen molar-refractivity contribution in [1.82, 2.24) is 0 Å². The summed E-state index contributed by atoms with van der Waals surface area (Å²) in [5.41, 5.74) is -1.22. The first kappa shape index (κ1) is 14.2. The van der Waals surface area contributed by atoms with Crippen LogP contribution in [0.4, 0.5) is 13.2 Å². The maximum absolute atomic E-state index is 12.0. The van der Waals surface area contributed by atoms with Crippen LogP contribution in [0.2, 0.25) is 0 Å². The highest BCUT2D eigenvalue weighted by Crippen LogP contribution is 2.26. The Morgan fingerprint density at radius 2 is 1.67 bits per heavy atom. The van der Waals surface area contributed by atoms with Gasteiger partial charge < -0.3 is 0 Å². The van der Waals surface area contributed by atoms with Crippen LogP contribution in [0.25, 0.3) is 0 Å². The molecule has 0 aliphatic rings. The molecular weight excluding hydrogens is 205 g/mol. The average molecular weight is 222 g/mol. The Bertz CT molecular complexity index is 218. The van der Waals surface area contributed by atoms with Gasteiger partial charge >= 0.3 is 6.18 Å². The zero-order valence-electron chi connectivity index (χ0n) is 8.99. The second-order valence-corrected chi connectivity index (χ2v) is 3.56. The summed E-state index contributed by atoms with van der Waals surface area (Å²) in [6.45, 7) is 4.82. The van der Waals surface area contributed by atoms with Gasteiger partial charge in [-0.3, -0.25) is 4.79 Å². The van der Waals surface area contributed by atoms with Crippen LogP contribution >= 0.6 is 0 Å². The van der Waals surface area contributed by atoms with Gasteiger partial charge in [0, 0.05) is 6.42 Å². The predicted molar refractivity (Wildman–Crippen MR) is 53.6 cm³/mol. The lowest BCUT2D eigenvalue weighted by atomic mass is 10.0. The molecule has 0 saturated carbocycles.